The Morgan fingerprint density at radius 1 is 1.20 bits per heavy atom. The highest BCUT2D eigenvalue weighted by Gasteiger charge is 2.33. The third kappa shape index (κ3) is 3.33. The van der Waals surface area contributed by atoms with Gasteiger partial charge in [0, 0.05) is 5.02 Å². The van der Waals surface area contributed by atoms with Gasteiger partial charge in [-0.3, -0.25) is 9.36 Å². The molecule has 1 fully saturated rings. The molecule has 0 saturated heterocycles. The zero-order valence-electron chi connectivity index (χ0n) is 13.4. The van der Waals surface area contributed by atoms with Gasteiger partial charge >= 0.3 is 5.76 Å². The SMILES string of the molecule is O=C(Cn1c(=O)oc2ccccc21)NC(c1ccc(Cl)cc1)C1CC1. The van der Waals surface area contributed by atoms with Crippen LogP contribution in [0.3, 0.4) is 0 Å². The van der Waals surface area contributed by atoms with Crippen molar-refractivity contribution < 1.29 is 9.21 Å². The summed E-state index contributed by atoms with van der Waals surface area (Å²) in [7, 11) is 0. The van der Waals surface area contributed by atoms with Gasteiger partial charge in [-0.1, -0.05) is 35.9 Å². The highest BCUT2D eigenvalue weighted by atomic mass is 35.5. The van der Waals surface area contributed by atoms with Gasteiger partial charge in [0.25, 0.3) is 0 Å². The van der Waals surface area contributed by atoms with Crippen LogP contribution >= 0.6 is 11.6 Å². The molecule has 1 amide bonds. The number of benzene rings is 2. The first-order valence-electron chi connectivity index (χ1n) is 8.25. The molecular formula is C19H17ClN2O3. The smallest absolute Gasteiger partial charge is 0.408 e. The van der Waals surface area contributed by atoms with E-state index in [1.165, 1.54) is 4.57 Å². The fraction of sp³-hybridized carbons (Fsp3) is 0.263. The standard InChI is InChI=1S/C19H17ClN2O3/c20-14-9-7-13(8-10-14)18(12-5-6-12)21-17(23)11-22-15-3-1-2-4-16(15)25-19(22)24/h1-4,7-10,12,18H,5-6,11H2,(H,21,23). The van der Waals surface area contributed by atoms with E-state index < -0.39 is 5.76 Å². The second-order valence-corrected chi connectivity index (χ2v) is 6.79. The van der Waals surface area contributed by atoms with E-state index >= 15 is 0 Å². The molecule has 1 unspecified atom stereocenters. The number of hydrogen-bond donors (Lipinski definition) is 1. The van der Waals surface area contributed by atoms with Crippen LogP contribution in [-0.2, 0) is 11.3 Å². The summed E-state index contributed by atoms with van der Waals surface area (Å²) in [4.78, 5) is 24.6. The Bertz CT molecular complexity index is 970. The molecule has 6 heteroatoms. The maximum Gasteiger partial charge on any atom is 0.420 e. The maximum absolute atomic E-state index is 12.6. The second kappa shape index (κ2) is 6.41. The van der Waals surface area contributed by atoms with E-state index in [0.717, 1.165) is 18.4 Å². The number of amides is 1. The van der Waals surface area contributed by atoms with Gasteiger partial charge in [0.2, 0.25) is 5.91 Å². The van der Waals surface area contributed by atoms with Gasteiger partial charge in [-0.05, 0) is 48.6 Å². The summed E-state index contributed by atoms with van der Waals surface area (Å²) in [5.41, 5.74) is 2.14. The van der Waals surface area contributed by atoms with Gasteiger partial charge in [-0.2, -0.15) is 0 Å². The monoisotopic (exact) mass is 356 g/mol. The Hall–Kier alpha value is -2.53. The van der Waals surface area contributed by atoms with E-state index in [1.807, 2.05) is 30.3 Å². The van der Waals surface area contributed by atoms with Gasteiger partial charge < -0.3 is 9.73 Å². The Morgan fingerprint density at radius 3 is 2.64 bits per heavy atom. The van der Waals surface area contributed by atoms with Crippen molar-refractivity contribution in [2.75, 3.05) is 0 Å². The van der Waals surface area contributed by atoms with E-state index in [-0.39, 0.29) is 18.5 Å². The summed E-state index contributed by atoms with van der Waals surface area (Å²) in [5, 5.41) is 3.73. The molecule has 1 aliphatic rings. The van der Waals surface area contributed by atoms with Gasteiger partial charge in [-0.25, -0.2) is 4.79 Å². The summed E-state index contributed by atoms with van der Waals surface area (Å²) in [6.07, 6.45) is 2.17. The van der Waals surface area contributed by atoms with E-state index in [0.29, 0.717) is 22.0 Å². The average molecular weight is 357 g/mol. The number of nitrogens with zero attached hydrogens (tertiary/aromatic N) is 1. The van der Waals surface area contributed by atoms with Crippen LogP contribution in [0.4, 0.5) is 0 Å². The topological polar surface area (TPSA) is 64.2 Å². The van der Waals surface area contributed by atoms with Crippen molar-refractivity contribution in [3.8, 4) is 0 Å². The van der Waals surface area contributed by atoms with Crippen molar-refractivity contribution >= 4 is 28.6 Å². The zero-order valence-corrected chi connectivity index (χ0v) is 14.2. The molecule has 4 rings (SSSR count). The molecule has 25 heavy (non-hydrogen) atoms. The molecule has 1 heterocycles. The Morgan fingerprint density at radius 2 is 1.92 bits per heavy atom. The van der Waals surface area contributed by atoms with Crippen LogP contribution in [0.5, 0.6) is 0 Å². The lowest BCUT2D eigenvalue weighted by Crippen LogP contribution is -2.34. The number of carbonyl (C=O) groups excluding carboxylic acids is 1. The molecule has 1 N–H and O–H groups in total. The van der Waals surface area contributed by atoms with Crippen LogP contribution in [0, 0.1) is 5.92 Å². The van der Waals surface area contributed by atoms with Crippen LogP contribution in [0.15, 0.2) is 57.7 Å². The number of oxazole rings is 1. The lowest BCUT2D eigenvalue weighted by atomic mass is 10.0. The first kappa shape index (κ1) is 16.0. The summed E-state index contributed by atoms with van der Waals surface area (Å²) in [6, 6.07) is 14.6. The van der Waals surface area contributed by atoms with Crippen LogP contribution in [0.2, 0.25) is 5.02 Å². The van der Waals surface area contributed by atoms with Gasteiger partial charge in [0.05, 0.1) is 11.6 Å². The number of nitrogens with one attached hydrogen (secondary N) is 1. The molecule has 0 spiro atoms. The number of aromatic nitrogens is 1. The molecule has 128 valence electrons. The van der Waals surface area contributed by atoms with Crippen molar-refractivity contribution in [1.82, 2.24) is 9.88 Å². The first-order valence-corrected chi connectivity index (χ1v) is 8.63. The Kier molecular flexibility index (Phi) is 4.09. The number of carbonyl (C=O) groups is 1. The molecule has 1 aliphatic carbocycles. The molecule has 2 aromatic carbocycles. The number of fused-ring (bicyclic) bond motifs is 1. The zero-order chi connectivity index (χ0) is 17.4. The van der Waals surface area contributed by atoms with Gasteiger partial charge in [0.15, 0.2) is 5.58 Å². The van der Waals surface area contributed by atoms with E-state index in [2.05, 4.69) is 5.32 Å². The molecule has 0 radical (unpaired) electrons. The van der Waals surface area contributed by atoms with Crippen LogP contribution < -0.4 is 11.1 Å². The first-order chi connectivity index (χ1) is 12.1. The number of hydrogen-bond acceptors (Lipinski definition) is 3. The lowest BCUT2D eigenvalue weighted by Gasteiger charge is -2.19. The third-order valence-corrected chi connectivity index (χ3v) is 4.77. The molecular weight excluding hydrogens is 340 g/mol. The molecule has 0 aliphatic heterocycles. The maximum atomic E-state index is 12.6. The normalized spacial score (nSPS) is 15.2. The molecule has 1 aromatic heterocycles. The number of rotatable bonds is 5. The van der Waals surface area contributed by atoms with Crippen LogP contribution in [0.25, 0.3) is 11.1 Å². The van der Waals surface area contributed by atoms with E-state index in [1.54, 1.807) is 18.2 Å². The Balaban J connectivity index is 1.55. The number of para-hydroxylation sites is 2. The predicted octanol–water partition coefficient (Wildman–Crippen LogP) is 3.52. The minimum atomic E-state index is -0.522. The van der Waals surface area contributed by atoms with E-state index in [9.17, 15) is 9.59 Å². The number of halogens is 1. The molecule has 5 nitrogen and oxygen atoms in total. The van der Waals surface area contributed by atoms with Crippen molar-refractivity contribution in [1.29, 1.82) is 0 Å². The predicted molar refractivity (Wildman–Crippen MR) is 95.5 cm³/mol. The quantitative estimate of drug-likeness (QED) is 0.760. The summed E-state index contributed by atoms with van der Waals surface area (Å²) >= 11 is 5.95. The second-order valence-electron chi connectivity index (χ2n) is 6.36. The highest BCUT2D eigenvalue weighted by Crippen LogP contribution is 2.41. The largest absolute Gasteiger partial charge is 0.420 e. The molecule has 0 bridgehead atoms. The fourth-order valence-electron chi connectivity index (χ4n) is 3.10. The summed E-state index contributed by atoms with van der Waals surface area (Å²) in [6.45, 7) is -0.0628. The molecule has 1 saturated carbocycles. The summed E-state index contributed by atoms with van der Waals surface area (Å²) < 4.78 is 6.53. The Labute approximate surface area is 149 Å². The lowest BCUT2D eigenvalue weighted by molar-refractivity contribution is -0.122. The summed E-state index contributed by atoms with van der Waals surface area (Å²) in [5.74, 6) is -0.297. The van der Waals surface area contributed by atoms with Crippen molar-refractivity contribution in [3.05, 3.63) is 69.7 Å². The van der Waals surface area contributed by atoms with E-state index in [4.69, 9.17) is 16.0 Å². The van der Waals surface area contributed by atoms with Crippen LogP contribution in [0.1, 0.15) is 24.4 Å². The molecule has 1 atom stereocenters. The van der Waals surface area contributed by atoms with Crippen molar-refractivity contribution in [2.45, 2.75) is 25.4 Å². The fourth-order valence-corrected chi connectivity index (χ4v) is 3.23. The van der Waals surface area contributed by atoms with Crippen molar-refractivity contribution in [2.24, 2.45) is 5.92 Å². The highest BCUT2D eigenvalue weighted by molar-refractivity contribution is 6.30. The average Bonchev–Trinajstić information content (AvgIpc) is 3.39. The minimum Gasteiger partial charge on any atom is -0.408 e. The van der Waals surface area contributed by atoms with Gasteiger partial charge in [0.1, 0.15) is 6.54 Å². The third-order valence-electron chi connectivity index (χ3n) is 4.51. The molecule has 3 aromatic rings. The minimum absolute atomic E-state index is 0.0568. The van der Waals surface area contributed by atoms with Crippen molar-refractivity contribution in [3.63, 3.8) is 0 Å². The van der Waals surface area contributed by atoms with Gasteiger partial charge in [-0.15, -0.1) is 0 Å². The van der Waals surface area contributed by atoms with Crippen LogP contribution in [-0.4, -0.2) is 10.5 Å².